The van der Waals surface area contributed by atoms with Crippen molar-refractivity contribution in [3.63, 3.8) is 0 Å². The van der Waals surface area contributed by atoms with Crippen LogP contribution in [0.25, 0.3) is 6.08 Å². The fourth-order valence-electron chi connectivity index (χ4n) is 2.44. The molecule has 5 nitrogen and oxygen atoms in total. The molecule has 1 aliphatic heterocycles. The maximum atomic E-state index is 11.9. The molecule has 3 rings (SSSR count). The highest BCUT2D eigenvalue weighted by molar-refractivity contribution is 6.32. The van der Waals surface area contributed by atoms with E-state index in [1.165, 1.54) is 6.08 Å². The predicted octanol–water partition coefficient (Wildman–Crippen LogP) is 4.27. The van der Waals surface area contributed by atoms with E-state index in [9.17, 15) is 4.79 Å². The third-order valence-corrected chi connectivity index (χ3v) is 4.06. The third-order valence-electron chi connectivity index (χ3n) is 3.78. The quantitative estimate of drug-likeness (QED) is 0.578. The molecule has 0 aromatic heterocycles. The molecule has 1 heterocycles. The van der Waals surface area contributed by atoms with Crippen LogP contribution in [-0.4, -0.2) is 26.3 Å². The van der Waals surface area contributed by atoms with Crippen molar-refractivity contribution in [2.45, 2.75) is 13.0 Å². The minimum atomic E-state index is -0.441. The second-order valence-electron chi connectivity index (χ2n) is 5.67. The van der Waals surface area contributed by atoms with Gasteiger partial charge in [0.05, 0.1) is 25.3 Å². The molecule has 0 spiro atoms. The number of ether oxygens (including phenoxy) is 4. The van der Waals surface area contributed by atoms with Crippen LogP contribution in [0.3, 0.4) is 0 Å². The van der Waals surface area contributed by atoms with Crippen LogP contribution in [-0.2, 0) is 16.1 Å². The van der Waals surface area contributed by atoms with Crippen molar-refractivity contribution in [1.82, 2.24) is 0 Å². The molecule has 0 amide bonds. The van der Waals surface area contributed by atoms with E-state index in [0.717, 1.165) is 23.3 Å². The van der Waals surface area contributed by atoms with E-state index in [1.54, 1.807) is 25.3 Å². The van der Waals surface area contributed by atoms with Gasteiger partial charge in [-0.05, 0) is 41.5 Å². The number of carbonyl (C=O) groups excluding carboxylic acids is 1. The topological polar surface area (TPSA) is 54.0 Å². The SMILES string of the molecule is COc1ccc(COC(=O)/C=C/c2cc(Cl)c3c(c2)OCCCO3)cc1. The Labute approximate surface area is 157 Å². The van der Waals surface area contributed by atoms with Gasteiger partial charge in [0.25, 0.3) is 0 Å². The molecule has 0 atom stereocenters. The van der Waals surface area contributed by atoms with Gasteiger partial charge in [0.2, 0.25) is 0 Å². The van der Waals surface area contributed by atoms with Gasteiger partial charge >= 0.3 is 5.97 Å². The molecular weight excluding hydrogens is 356 g/mol. The van der Waals surface area contributed by atoms with Crippen molar-refractivity contribution >= 4 is 23.6 Å². The van der Waals surface area contributed by atoms with Crippen molar-refractivity contribution in [3.05, 3.63) is 58.6 Å². The van der Waals surface area contributed by atoms with Gasteiger partial charge in [-0.2, -0.15) is 0 Å². The standard InChI is InChI=1S/C20H19ClO5/c1-23-16-6-3-14(4-7-16)13-26-19(22)8-5-15-11-17(21)20-18(12-15)24-9-2-10-25-20/h3-8,11-12H,2,9-10,13H2,1H3/b8-5+. The zero-order chi connectivity index (χ0) is 18.4. The Hall–Kier alpha value is -2.66. The number of carbonyl (C=O) groups is 1. The maximum Gasteiger partial charge on any atom is 0.331 e. The maximum absolute atomic E-state index is 11.9. The zero-order valence-electron chi connectivity index (χ0n) is 14.4. The average Bonchev–Trinajstić information content (AvgIpc) is 2.91. The number of rotatable bonds is 5. The molecule has 26 heavy (non-hydrogen) atoms. The lowest BCUT2D eigenvalue weighted by Gasteiger charge is -2.10. The monoisotopic (exact) mass is 374 g/mol. The predicted molar refractivity (Wildman–Crippen MR) is 98.9 cm³/mol. The van der Waals surface area contributed by atoms with Crippen LogP contribution in [0, 0.1) is 0 Å². The molecule has 6 heteroatoms. The van der Waals surface area contributed by atoms with Crippen LogP contribution in [0.5, 0.6) is 17.2 Å². The molecule has 0 aliphatic carbocycles. The summed E-state index contributed by atoms with van der Waals surface area (Å²) in [4.78, 5) is 11.9. The number of hydrogen-bond donors (Lipinski definition) is 0. The summed E-state index contributed by atoms with van der Waals surface area (Å²) >= 11 is 6.24. The van der Waals surface area contributed by atoms with Crippen LogP contribution in [0.2, 0.25) is 5.02 Å². The molecule has 136 valence electrons. The van der Waals surface area contributed by atoms with Crippen molar-refractivity contribution in [3.8, 4) is 17.2 Å². The lowest BCUT2D eigenvalue weighted by atomic mass is 10.2. The first kappa shape index (κ1) is 18.1. The van der Waals surface area contributed by atoms with Gasteiger partial charge in [0.1, 0.15) is 12.4 Å². The van der Waals surface area contributed by atoms with Crippen molar-refractivity contribution in [1.29, 1.82) is 0 Å². The Morgan fingerprint density at radius 3 is 2.73 bits per heavy atom. The van der Waals surface area contributed by atoms with E-state index >= 15 is 0 Å². The van der Waals surface area contributed by atoms with E-state index < -0.39 is 5.97 Å². The van der Waals surface area contributed by atoms with Crippen LogP contribution >= 0.6 is 11.6 Å². The summed E-state index contributed by atoms with van der Waals surface area (Å²) in [5.74, 6) is 1.44. The lowest BCUT2D eigenvalue weighted by molar-refractivity contribution is -0.138. The van der Waals surface area contributed by atoms with Gasteiger partial charge in [-0.3, -0.25) is 0 Å². The minimum Gasteiger partial charge on any atom is -0.497 e. The van der Waals surface area contributed by atoms with Gasteiger partial charge in [-0.25, -0.2) is 4.79 Å². The lowest BCUT2D eigenvalue weighted by Crippen LogP contribution is -2.00. The molecule has 0 radical (unpaired) electrons. The molecular formula is C20H19ClO5. The van der Waals surface area contributed by atoms with Crippen LogP contribution in [0.4, 0.5) is 0 Å². The first-order valence-electron chi connectivity index (χ1n) is 8.22. The summed E-state index contributed by atoms with van der Waals surface area (Å²) in [6, 6.07) is 10.8. The average molecular weight is 375 g/mol. The third kappa shape index (κ3) is 4.70. The molecule has 2 aromatic carbocycles. The zero-order valence-corrected chi connectivity index (χ0v) is 15.1. The Bertz CT molecular complexity index is 799. The van der Waals surface area contributed by atoms with Crippen LogP contribution in [0.1, 0.15) is 17.5 Å². The molecule has 0 N–H and O–H groups in total. The molecule has 0 bridgehead atoms. The largest absolute Gasteiger partial charge is 0.497 e. The molecule has 2 aromatic rings. The first-order chi connectivity index (χ1) is 12.7. The van der Waals surface area contributed by atoms with E-state index in [4.69, 9.17) is 30.5 Å². The summed E-state index contributed by atoms with van der Waals surface area (Å²) < 4.78 is 21.5. The Morgan fingerprint density at radius 2 is 1.96 bits per heavy atom. The normalized spacial score (nSPS) is 13.3. The summed E-state index contributed by atoms with van der Waals surface area (Å²) in [6.07, 6.45) is 3.80. The van der Waals surface area contributed by atoms with Crippen molar-refractivity contribution in [2.75, 3.05) is 20.3 Å². The number of benzene rings is 2. The number of hydrogen-bond acceptors (Lipinski definition) is 5. The van der Waals surface area contributed by atoms with Crippen LogP contribution < -0.4 is 14.2 Å². The molecule has 0 saturated carbocycles. The highest BCUT2D eigenvalue weighted by atomic mass is 35.5. The highest BCUT2D eigenvalue weighted by Gasteiger charge is 2.15. The van der Waals surface area contributed by atoms with Crippen molar-refractivity contribution in [2.24, 2.45) is 0 Å². The highest BCUT2D eigenvalue weighted by Crippen LogP contribution is 2.38. The fraction of sp³-hybridized carbons (Fsp3) is 0.250. The Kier molecular flexibility index (Phi) is 6.02. The fourth-order valence-corrected chi connectivity index (χ4v) is 2.71. The van der Waals surface area contributed by atoms with E-state index in [1.807, 2.05) is 24.3 Å². The summed E-state index contributed by atoms with van der Waals surface area (Å²) in [5.41, 5.74) is 1.62. The number of esters is 1. The van der Waals surface area contributed by atoms with Gasteiger partial charge in [0.15, 0.2) is 11.5 Å². The Balaban J connectivity index is 1.60. The number of halogens is 1. The van der Waals surface area contributed by atoms with Gasteiger partial charge in [-0.15, -0.1) is 0 Å². The number of fused-ring (bicyclic) bond motifs is 1. The smallest absolute Gasteiger partial charge is 0.331 e. The van der Waals surface area contributed by atoms with Crippen molar-refractivity contribution < 1.29 is 23.7 Å². The second kappa shape index (κ2) is 8.63. The Morgan fingerprint density at radius 1 is 1.19 bits per heavy atom. The molecule has 0 unspecified atom stereocenters. The van der Waals surface area contributed by atoms with Gasteiger partial charge in [-0.1, -0.05) is 23.7 Å². The van der Waals surface area contributed by atoms with Crippen LogP contribution in [0.15, 0.2) is 42.5 Å². The van der Waals surface area contributed by atoms with Gasteiger partial charge in [0, 0.05) is 12.5 Å². The number of methoxy groups -OCH3 is 1. The molecule has 1 aliphatic rings. The molecule has 0 fully saturated rings. The van der Waals surface area contributed by atoms with E-state index in [2.05, 4.69) is 0 Å². The minimum absolute atomic E-state index is 0.190. The van der Waals surface area contributed by atoms with E-state index in [-0.39, 0.29) is 6.61 Å². The summed E-state index contributed by atoms with van der Waals surface area (Å²) in [5, 5.41) is 0.454. The second-order valence-corrected chi connectivity index (χ2v) is 6.08. The summed E-state index contributed by atoms with van der Waals surface area (Å²) in [6.45, 7) is 1.33. The first-order valence-corrected chi connectivity index (χ1v) is 8.60. The summed E-state index contributed by atoms with van der Waals surface area (Å²) in [7, 11) is 1.60. The van der Waals surface area contributed by atoms with Gasteiger partial charge < -0.3 is 18.9 Å². The molecule has 0 saturated heterocycles. The van der Waals surface area contributed by atoms with E-state index in [0.29, 0.717) is 29.7 Å².